The molecule has 3 rings (SSSR count). The molecular formula is C29H42O3Si. The van der Waals surface area contributed by atoms with E-state index >= 15 is 0 Å². The molecule has 0 amide bonds. The Morgan fingerprint density at radius 3 is 1.73 bits per heavy atom. The fourth-order valence-electron chi connectivity index (χ4n) is 4.16. The van der Waals surface area contributed by atoms with Crippen molar-refractivity contribution in [2.75, 3.05) is 0 Å². The third-order valence-electron chi connectivity index (χ3n) is 7.32. The van der Waals surface area contributed by atoms with Crippen LogP contribution in [0.25, 0.3) is 0 Å². The summed E-state index contributed by atoms with van der Waals surface area (Å²) >= 11 is 0. The summed E-state index contributed by atoms with van der Waals surface area (Å²) in [5.41, 5.74) is 3.75. The highest BCUT2D eigenvalue weighted by molar-refractivity contribution is 6.74. The predicted molar refractivity (Wildman–Crippen MR) is 140 cm³/mol. The second kappa shape index (κ2) is 11.1. The highest BCUT2D eigenvalue weighted by Crippen LogP contribution is 2.41. The minimum atomic E-state index is -2.00. The molecule has 0 aliphatic heterocycles. The highest BCUT2D eigenvalue weighted by atomic mass is 28.4. The van der Waals surface area contributed by atoms with E-state index in [1.54, 1.807) is 0 Å². The lowest BCUT2D eigenvalue weighted by atomic mass is 9.82. The van der Waals surface area contributed by atoms with E-state index in [0.717, 1.165) is 6.42 Å². The van der Waals surface area contributed by atoms with Gasteiger partial charge in [-0.2, -0.15) is 0 Å². The average Bonchev–Trinajstić information content (AvgIpc) is 2.78. The third-order valence-corrected chi connectivity index (χ3v) is 11.8. The van der Waals surface area contributed by atoms with Crippen molar-refractivity contribution in [2.45, 2.75) is 90.7 Å². The van der Waals surface area contributed by atoms with E-state index in [1.165, 1.54) is 16.7 Å². The second-order valence-corrected chi connectivity index (χ2v) is 15.5. The smallest absolute Gasteiger partial charge is 0.193 e. The first-order valence-electron chi connectivity index (χ1n) is 12.3. The van der Waals surface area contributed by atoms with Crippen molar-refractivity contribution in [2.24, 2.45) is 5.92 Å². The summed E-state index contributed by atoms with van der Waals surface area (Å²) in [5.74, 6) is 0.277. The fourth-order valence-corrected chi connectivity index (χ4v) is 5.40. The molecule has 4 atom stereocenters. The first-order valence-corrected chi connectivity index (χ1v) is 15.2. The van der Waals surface area contributed by atoms with Gasteiger partial charge in [-0.25, -0.2) is 0 Å². The molecule has 3 nitrogen and oxygen atoms in total. The molecule has 1 aliphatic carbocycles. The lowest BCUT2D eigenvalue weighted by molar-refractivity contribution is -0.137. The van der Waals surface area contributed by atoms with Crippen LogP contribution in [0.15, 0.2) is 72.3 Å². The molecular weight excluding hydrogens is 424 g/mol. The van der Waals surface area contributed by atoms with Crippen LogP contribution in [0.4, 0.5) is 0 Å². The predicted octanol–water partition coefficient (Wildman–Crippen LogP) is 7.53. The van der Waals surface area contributed by atoms with E-state index < -0.39 is 8.32 Å². The number of hydrogen-bond donors (Lipinski definition) is 0. The quantitative estimate of drug-likeness (QED) is 0.282. The number of hydrogen-bond acceptors (Lipinski definition) is 3. The first kappa shape index (κ1) is 25.9. The Hall–Kier alpha value is -1.72. The summed E-state index contributed by atoms with van der Waals surface area (Å²) < 4.78 is 20.2. The van der Waals surface area contributed by atoms with E-state index in [-0.39, 0.29) is 29.3 Å². The van der Waals surface area contributed by atoms with Crippen molar-refractivity contribution in [3.05, 3.63) is 83.4 Å². The zero-order chi connectivity index (χ0) is 24.1. The zero-order valence-corrected chi connectivity index (χ0v) is 22.5. The van der Waals surface area contributed by atoms with E-state index in [2.05, 4.69) is 102 Å². The number of rotatable bonds is 9. The van der Waals surface area contributed by atoms with Crippen molar-refractivity contribution >= 4 is 8.32 Å². The van der Waals surface area contributed by atoms with Gasteiger partial charge in [0.15, 0.2) is 8.32 Å². The van der Waals surface area contributed by atoms with Crippen molar-refractivity contribution in [3.63, 3.8) is 0 Å². The first-order chi connectivity index (χ1) is 15.6. The molecule has 1 aliphatic rings. The normalized spacial score (nSPS) is 23.9. The summed E-state index contributed by atoms with van der Waals surface area (Å²) in [4.78, 5) is 0. The van der Waals surface area contributed by atoms with Gasteiger partial charge >= 0.3 is 0 Å². The van der Waals surface area contributed by atoms with Gasteiger partial charge in [-0.15, -0.1) is 0 Å². The molecule has 0 N–H and O–H groups in total. The zero-order valence-electron chi connectivity index (χ0n) is 21.5. The number of benzene rings is 2. The average molecular weight is 467 g/mol. The minimum absolute atomic E-state index is 0.0661. The van der Waals surface area contributed by atoms with Crippen LogP contribution in [-0.2, 0) is 27.1 Å². The third kappa shape index (κ3) is 6.66. The highest BCUT2D eigenvalue weighted by Gasteiger charge is 2.45. The fraction of sp³-hybridized carbons (Fsp3) is 0.517. The topological polar surface area (TPSA) is 27.7 Å². The van der Waals surface area contributed by atoms with Crippen molar-refractivity contribution < 1.29 is 13.9 Å². The van der Waals surface area contributed by atoms with Gasteiger partial charge in [0.05, 0.1) is 25.4 Å². The summed E-state index contributed by atoms with van der Waals surface area (Å²) in [6.45, 7) is 17.1. The summed E-state index contributed by atoms with van der Waals surface area (Å²) in [7, 11) is -2.00. The van der Waals surface area contributed by atoms with Crippen LogP contribution >= 0.6 is 0 Å². The molecule has 0 fully saturated rings. The van der Waals surface area contributed by atoms with Crippen LogP contribution in [0, 0.1) is 5.92 Å². The Morgan fingerprint density at radius 2 is 1.27 bits per heavy atom. The van der Waals surface area contributed by atoms with Crippen LogP contribution in [0.5, 0.6) is 0 Å². The summed E-state index contributed by atoms with van der Waals surface area (Å²) in [6.07, 6.45) is 3.00. The van der Waals surface area contributed by atoms with Gasteiger partial charge < -0.3 is 13.9 Å². The molecule has 0 aromatic heterocycles. The van der Waals surface area contributed by atoms with E-state index in [9.17, 15) is 0 Å². The largest absolute Gasteiger partial charge is 0.408 e. The Bertz CT molecular complexity index is 886. The lowest BCUT2D eigenvalue weighted by Crippen LogP contribution is -2.54. The van der Waals surface area contributed by atoms with E-state index in [4.69, 9.17) is 13.9 Å². The Labute approximate surface area is 202 Å². The van der Waals surface area contributed by atoms with Gasteiger partial charge in [0.25, 0.3) is 0 Å². The Balaban J connectivity index is 1.89. The summed E-state index contributed by atoms with van der Waals surface area (Å²) in [6, 6.07) is 20.8. The van der Waals surface area contributed by atoms with Crippen molar-refractivity contribution in [1.82, 2.24) is 0 Å². The molecule has 4 heteroatoms. The second-order valence-electron chi connectivity index (χ2n) is 10.7. The maximum Gasteiger partial charge on any atom is 0.193 e. The number of ether oxygens (including phenoxy) is 2. The molecule has 0 saturated carbocycles. The lowest BCUT2D eigenvalue weighted by Gasteiger charge is -2.46. The van der Waals surface area contributed by atoms with Crippen LogP contribution < -0.4 is 0 Å². The van der Waals surface area contributed by atoms with Gasteiger partial charge in [-0.1, -0.05) is 107 Å². The minimum Gasteiger partial charge on any atom is -0.408 e. The van der Waals surface area contributed by atoms with Gasteiger partial charge in [-0.05, 0) is 35.7 Å². The molecule has 0 bridgehead atoms. The molecule has 0 radical (unpaired) electrons. The van der Waals surface area contributed by atoms with Crippen molar-refractivity contribution in [1.29, 1.82) is 0 Å². The molecule has 0 spiro atoms. The maximum atomic E-state index is 6.96. The molecule has 33 heavy (non-hydrogen) atoms. The van der Waals surface area contributed by atoms with E-state index in [1.807, 2.05) is 12.1 Å². The monoisotopic (exact) mass is 466 g/mol. The van der Waals surface area contributed by atoms with Crippen LogP contribution in [0.2, 0.25) is 18.1 Å². The van der Waals surface area contributed by atoms with Crippen molar-refractivity contribution in [3.8, 4) is 0 Å². The van der Waals surface area contributed by atoms with E-state index in [0.29, 0.717) is 13.2 Å². The van der Waals surface area contributed by atoms with Gasteiger partial charge in [0, 0.05) is 5.92 Å². The standard InChI is InChI=1S/C29H42O3Si/c1-8-25-19-26(32-33(6,7)29(3,4)5)28(31-21-24-17-13-10-14-18-24)27(22(25)2)30-20-23-15-11-9-12-16-23/h9-19,22,26-28H,8,20-21H2,1-7H3/t22-,26-,27+,28+/m1/s1. The summed E-state index contributed by atoms with van der Waals surface area (Å²) in [5, 5.41) is 0.126. The Morgan fingerprint density at radius 1 is 0.788 bits per heavy atom. The molecule has 2 aromatic carbocycles. The van der Waals surface area contributed by atoms with Gasteiger partial charge in [-0.3, -0.25) is 0 Å². The molecule has 0 unspecified atom stereocenters. The maximum absolute atomic E-state index is 6.96. The molecule has 180 valence electrons. The molecule has 0 heterocycles. The van der Waals surface area contributed by atoms with Crippen LogP contribution in [0.3, 0.4) is 0 Å². The Kier molecular flexibility index (Phi) is 8.74. The molecule has 2 aromatic rings. The van der Waals surface area contributed by atoms with Crippen LogP contribution in [0.1, 0.15) is 52.2 Å². The van der Waals surface area contributed by atoms with Gasteiger partial charge in [0.2, 0.25) is 0 Å². The molecule has 0 saturated heterocycles. The van der Waals surface area contributed by atoms with Crippen LogP contribution in [-0.4, -0.2) is 26.6 Å². The SMILES string of the molecule is CCC1=C[C@@H](O[Si](C)(C)C(C)(C)C)[C@H](OCc2ccccc2)[C@@H](OCc2ccccc2)[C@@H]1C. The van der Waals surface area contributed by atoms with Gasteiger partial charge in [0.1, 0.15) is 6.10 Å².